The zero-order valence-corrected chi connectivity index (χ0v) is 11.8. The molecule has 0 aliphatic carbocycles. The van der Waals surface area contributed by atoms with Gasteiger partial charge in [-0.25, -0.2) is 0 Å². The lowest BCUT2D eigenvalue weighted by atomic mass is 9.92. The first-order valence-electron chi connectivity index (χ1n) is 6.80. The quantitative estimate of drug-likeness (QED) is 0.857. The summed E-state index contributed by atoms with van der Waals surface area (Å²) in [5.41, 5.74) is 6.50. The van der Waals surface area contributed by atoms with Gasteiger partial charge in [0.1, 0.15) is 5.75 Å². The van der Waals surface area contributed by atoms with E-state index in [9.17, 15) is 14.7 Å². The Kier molecular flexibility index (Phi) is 3.97. The number of aryl methyl sites for hydroxylation is 1. The number of amides is 2. The minimum atomic E-state index is -0.360. The van der Waals surface area contributed by atoms with Crippen molar-refractivity contribution < 1.29 is 14.7 Å². The molecular formula is C15H20N2O3. The van der Waals surface area contributed by atoms with Gasteiger partial charge in [0.05, 0.1) is 5.92 Å². The number of hydrogen-bond donors (Lipinski definition) is 2. The summed E-state index contributed by atoms with van der Waals surface area (Å²) in [5.74, 6) is -0.707. The number of phenolic OH excluding ortho intramolecular Hbond substituents is 1. The highest BCUT2D eigenvalue weighted by Crippen LogP contribution is 2.25. The van der Waals surface area contributed by atoms with Gasteiger partial charge < -0.3 is 15.7 Å². The second-order valence-electron chi connectivity index (χ2n) is 5.48. The zero-order valence-electron chi connectivity index (χ0n) is 11.8. The van der Waals surface area contributed by atoms with Gasteiger partial charge in [-0.05, 0) is 44.4 Å². The fourth-order valence-electron chi connectivity index (χ4n) is 2.53. The van der Waals surface area contributed by atoms with Gasteiger partial charge in [-0.3, -0.25) is 9.59 Å². The number of benzene rings is 1. The van der Waals surface area contributed by atoms with E-state index in [4.69, 9.17) is 5.73 Å². The van der Waals surface area contributed by atoms with Crippen LogP contribution in [0.3, 0.4) is 0 Å². The Morgan fingerprint density at radius 3 is 2.65 bits per heavy atom. The highest BCUT2D eigenvalue weighted by Gasteiger charge is 2.32. The predicted molar refractivity (Wildman–Crippen MR) is 75.3 cm³/mol. The minimum absolute atomic E-state index is 0.0709. The second-order valence-corrected chi connectivity index (χ2v) is 5.48. The number of carbonyl (C=O) groups is 2. The second kappa shape index (κ2) is 5.53. The average Bonchev–Trinajstić information content (AvgIpc) is 2.41. The summed E-state index contributed by atoms with van der Waals surface area (Å²) >= 11 is 0. The van der Waals surface area contributed by atoms with E-state index in [1.165, 1.54) is 6.07 Å². The number of nitrogens with two attached hydrogens (primary N) is 1. The van der Waals surface area contributed by atoms with E-state index in [1.54, 1.807) is 24.0 Å². The number of primary amides is 1. The maximum Gasteiger partial charge on any atom is 0.254 e. The van der Waals surface area contributed by atoms with Crippen LogP contribution >= 0.6 is 0 Å². The normalized spacial score (nSPS) is 22.6. The summed E-state index contributed by atoms with van der Waals surface area (Å²) in [5, 5.41) is 9.71. The van der Waals surface area contributed by atoms with Gasteiger partial charge in [-0.15, -0.1) is 0 Å². The number of hydrogen-bond acceptors (Lipinski definition) is 3. The summed E-state index contributed by atoms with van der Waals surface area (Å²) in [4.78, 5) is 25.5. The molecule has 1 heterocycles. The van der Waals surface area contributed by atoms with Crippen molar-refractivity contribution in [1.29, 1.82) is 0 Å². The lowest BCUT2D eigenvalue weighted by Gasteiger charge is -2.37. The molecule has 5 heteroatoms. The molecule has 2 unspecified atom stereocenters. The molecule has 2 amide bonds. The molecule has 0 spiro atoms. The fourth-order valence-corrected chi connectivity index (χ4v) is 2.53. The molecule has 3 N–H and O–H groups in total. The van der Waals surface area contributed by atoms with Crippen molar-refractivity contribution in [3.63, 3.8) is 0 Å². The molecule has 0 bridgehead atoms. The minimum Gasteiger partial charge on any atom is -0.508 e. The molecule has 2 atom stereocenters. The van der Waals surface area contributed by atoms with Crippen LogP contribution in [-0.2, 0) is 4.79 Å². The van der Waals surface area contributed by atoms with Gasteiger partial charge in [0, 0.05) is 18.2 Å². The topological polar surface area (TPSA) is 83.6 Å². The van der Waals surface area contributed by atoms with Crippen molar-refractivity contribution in [2.45, 2.75) is 32.7 Å². The maximum absolute atomic E-state index is 12.5. The van der Waals surface area contributed by atoms with Crippen LogP contribution < -0.4 is 5.73 Å². The Balaban J connectivity index is 2.21. The van der Waals surface area contributed by atoms with Crippen LogP contribution in [0.5, 0.6) is 5.75 Å². The molecule has 1 aromatic rings. The zero-order chi connectivity index (χ0) is 14.9. The summed E-state index contributed by atoms with van der Waals surface area (Å²) in [7, 11) is 0. The number of phenols is 1. The van der Waals surface area contributed by atoms with Gasteiger partial charge in [0.15, 0.2) is 0 Å². The van der Waals surface area contributed by atoms with Crippen LogP contribution in [0, 0.1) is 12.8 Å². The van der Waals surface area contributed by atoms with E-state index in [-0.39, 0.29) is 29.5 Å². The van der Waals surface area contributed by atoms with Gasteiger partial charge in [-0.1, -0.05) is 6.07 Å². The highest BCUT2D eigenvalue weighted by molar-refractivity contribution is 5.95. The lowest BCUT2D eigenvalue weighted by Crippen LogP contribution is -2.48. The Bertz CT molecular complexity index is 542. The number of piperidine rings is 1. The summed E-state index contributed by atoms with van der Waals surface area (Å²) in [6.45, 7) is 4.09. The third kappa shape index (κ3) is 2.76. The first-order chi connectivity index (χ1) is 9.40. The third-order valence-electron chi connectivity index (χ3n) is 4.00. The molecule has 1 aromatic carbocycles. The Labute approximate surface area is 118 Å². The van der Waals surface area contributed by atoms with E-state index in [2.05, 4.69) is 0 Å². The van der Waals surface area contributed by atoms with Crippen molar-refractivity contribution >= 4 is 11.8 Å². The molecule has 0 aromatic heterocycles. The fraction of sp³-hybridized carbons (Fsp3) is 0.467. The van der Waals surface area contributed by atoms with Crippen molar-refractivity contribution in [2.24, 2.45) is 11.7 Å². The third-order valence-corrected chi connectivity index (χ3v) is 4.00. The molecule has 108 valence electrons. The predicted octanol–water partition coefficient (Wildman–Crippen LogP) is 1.43. The van der Waals surface area contributed by atoms with Crippen molar-refractivity contribution in [1.82, 2.24) is 4.90 Å². The first-order valence-corrected chi connectivity index (χ1v) is 6.80. The Morgan fingerprint density at radius 1 is 1.35 bits per heavy atom. The molecule has 5 nitrogen and oxygen atoms in total. The lowest BCUT2D eigenvalue weighted by molar-refractivity contribution is -0.123. The van der Waals surface area contributed by atoms with Crippen LogP contribution in [0.2, 0.25) is 0 Å². The average molecular weight is 276 g/mol. The SMILES string of the molecule is Cc1ccc(C(=O)N2CC(C(N)=O)CCC2C)cc1O. The molecule has 0 saturated carbocycles. The molecule has 2 rings (SSSR count). The van der Waals surface area contributed by atoms with Crippen LogP contribution in [0.4, 0.5) is 0 Å². The molecule has 20 heavy (non-hydrogen) atoms. The van der Waals surface area contributed by atoms with Crippen molar-refractivity contribution in [2.75, 3.05) is 6.54 Å². The number of likely N-dealkylation sites (tertiary alicyclic amines) is 1. The highest BCUT2D eigenvalue weighted by atomic mass is 16.3. The molecular weight excluding hydrogens is 256 g/mol. The molecule has 1 aliphatic rings. The molecule has 1 fully saturated rings. The largest absolute Gasteiger partial charge is 0.508 e. The van der Waals surface area contributed by atoms with E-state index >= 15 is 0 Å². The number of rotatable bonds is 2. The van der Waals surface area contributed by atoms with E-state index in [0.717, 1.165) is 18.4 Å². The summed E-state index contributed by atoms with van der Waals surface area (Å²) in [6.07, 6.45) is 1.48. The first kappa shape index (κ1) is 14.4. The van der Waals surface area contributed by atoms with Crippen molar-refractivity contribution in [3.05, 3.63) is 29.3 Å². The number of carbonyl (C=O) groups excluding carboxylic acids is 2. The molecule has 1 aliphatic heterocycles. The van der Waals surface area contributed by atoms with Gasteiger partial charge in [-0.2, -0.15) is 0 Å². The van der Waals surface area contributed by atoms with Crippen molar-refractivity contribution in [3.8, 4) is 5.75 Å². The summed E-state index contributed by atoms with van der Waals surface area (Å²) < 4.78 is 0. The van der Waals surface area contributed by atoms with Gasteiger partial charge in [0.2, 0.25) is 5.91 Å². The number of aromatic hydroxyl groups is 1. The van der Waals surface area contributed by atoms with Crippen LogP contribution in [0.15, 0.2) is 18.2 Å². The van der Waals surface area contributed by atoms with Crippen LogP contribution in [0.25, 0.3) is 0 Å². The van der Waals surface area contributed by atoms with Gasteiger partial charge >= 0.3 is 0 Å². The number of nitrogens with zero attached hydrogens (tertiary/aromatic N) is 1. The molecule has 1 saturated heterocycles. The standard InChI is InChI=1S/C15H20N2O3/c1-9-3-5-11(7-13(9)18)15(20)17-8-12(14(16)19)6-4-10(17)2/h3,5,7,10,12,18H,4,6,8H2,1-2H3,(H2,16,19). The monoisotopic (exact) mass is 276 g/mol. The van der Waals surface area contributed by atoms with Crippen LogP contribution in [0.1, 0.15) is 35.7 Å². The summed E-state index contributed by atoms with van der Waals surface area (Å²) in [6, 6.07) is 4.94. The van der Waals surface area contributed by atoms with E-state index < -0.39 is 0 Å². The van der Waals surface area contributed by atoms with Gasteiger partial charge in [0.25, 0.3) is 5.91 Å². The smallest absolute Gasteiger partial charge is 0.254 e. The maximum atomic E-state index is 12.5. The Hall–Kier alpha value is -2.04. The molecule has 0 radical (unpaired) electrons. The Morgan fingerprint density at radius 2 is 2.05 bits per heavy atom. The van der Waals surface area contributed by atoms with E-state index in [0.29, 0.717) is 12.1 Å². The van der Waals surface area contributed by atoms with E-state index in [1.807, 2.05) is 6.92 Å². The van der Waals surface area contributed by atoms with Crippen LogP contribution in [-0.4, -0.2) is 34.4 Å².